The van der Waals surface area contributed by atoms with Gasteiger partial charge in [-0.1, -0.05) is 23.7 Å². The Morgan fingerprint density at radius 3 is 2.50 bits per heavy atom. The minimum Gasteiger partial charge on any atom is -0.430 e. The standard InChI is InChI=1S/C12H13ClN2O3/c1-12(10(14)16)9(15(2)11(17)18-12)7-3-5-8(13)6-4-7/h3-6,9H,1-2H3,(H2,14,16). The molecule has 2 N–H and O–H groups in total. The number of halogens is 1. The van der Waals surface area contributed by atoms with Crippen molar-refractivity contribution in [3.8, 4) is 0 Å². The van der Waals surface area contributed by atoms with E-state index in [1.54, 1.807) is 31.3 Å². The van der Waals surface area contributed by atoms with Crippen LogP contribution in [0.4, 0.5) is 4.79 Å². The fraction of sp³-hybridized carbons (Fsp3) is 0.333. The number of nitrogens with zero attached hydrogens (tertiary/aromatic N) is 1. The molecule has 2 rings (SSSR count). The molecule has 0 aromatic heterocycles. The molecule has 96 valence electrons. The Morgan fingerprint density at radius 2 is 2.00 bits per heavy atom. The molecule has 1 aliphatic heterocycles. The molecule has 1 aromatic carbocycles. The molecule has 2 amide bonds. The van der Waals surface area contributed by atoms with E-state index in [4.69, 9.17) is 22.1 Å². The van der Waals surface area contributed by atoms with Crippen LogP contribution in [0.3, 0.4) is 0 Å². The first kappa shape index (κ1) is 12.7. The third kappa shape index (κ3) is 1.80. The molecule has 0 radical (unpaired) electrons. The van der Waals surface area contributed by atoms with Crippen LogP contribution in [0.5, 0.6) is 0 Å². The van der Waals surface area contributed by atoms with E-state index >= 15 is 0 Å². The molecule has 1 heterocycles. The van der Waals surface area contributed by atoms with Crippen molar-refractivity contribution in [2.45, 2.75) is 18.6 Å². The Labute approximate surface area is 109 Å². The van der Waals surface area contributed by atoms with E-state index in [0.717, 1.165) is 5.56 Å². The number of hydrogen-bond acceptors (Lipinski definition) is 3. The second kappa shape index (κ2) is 4.17. The van der Waals surface area contributed by atoms with E-state index in [-0.39, 0.29) is 0 Å². The van der Waals surface area contributed by atoms with Gasteiger partial charge in [0.05, 0.1) is 0 Å². The Morgan fingerprint density at radius 1 is 1.44 bits per heavy atom. The van der Waals surface area contributed by atoms with E-state index in [2.05, 4.69) is 0 Å². The smallest absolute Gasteiger partial charge is 0.411 e. The monoisotopic (exact) mass is 268 g/mol. The van der Waals surface area contributed by atoms with Gasteiger partial charge in [-0.05, 0) is 24.6 Å². The first-order chi connectivity index (χ1) is 8.36. The molecule has 0 bridgehead atoms. The summed E-state index contributed by atoms with van der Waals surface area (Å²) in [5, 5.41) is 0.576. The number of hydrogen-bond donors (Lipinski definition) is 1. The van der Waals surface area contributed by atoms with Crippen LogP contribution in [-0.4, -0.2) is 29.5 Å². The van der Waals surface area contributed by atoms with Crippen molar-refractivity contribution in [3.05, 3.63) is 34.9 Å². The highest BCUT2D eigenvalue weighted by Gasteiger charge is 2.54. The highest BCUT2D eigenvalue weighted by atomic mass is 35.5. The molecular weight excluding hydrogens is 256 g/mol. The minimum atomic E-state index is -1.38. The maximum Gasteiger partial charge on any atom is 0.411 e. The van der Waals surface area contributed by atoms with Crippen molar-refractivity contribution in [1.29, 1.82) is 0 Å². The Kier molecular flexibility index (Phi) is 2.94. The van der Waals surface area contributed by atoms with Gasteiger partial charge in [0.1, 0.15) is 6.04 Å². The molecule has 1 aliphatic rings. The Balaban J connectivity index is 2.48. The number of nitrogens with two attached hydrogens (primary N) is 1. The second-order valence-corrected chi connectivity index (χ2v) is 4.84. The summed E-state index contributed by atoms with van der Waals surface area (Å²) in [6, 6.07) is 6.31. The van der Waals surface area contributed by atoms with Crippen molar-refractivity contribution < 1.29 is 14.3 Å². The van der Waals surface area contributed by atoms with Crippen LogP contribution in [0.25, 0.3) is 0 Å². The molecule has 2 unspecified atom stereocenters. The van der Waals surface area contributed by atoms with Crippen molar-refractivity contribution in [3.63, 3.8) is 0 Å². The van der Waals surface area contributed by atoms with Crippen molar-refractivity contribution >= 4 is 23.6 Å². The molecule has 1 fully saturated rings. The summed E-state index contributed by atoms with van der Waals surface area (Å²) >= 11 is 5.81. The zero-order valence-electron chi connectivity index (χ0n) is 10.0. The molecule has 1 aromatic rings. The number of ether oxygens (including phenoxy) is 1. The van der Waals surface area contributed by atoms with E-state index in [1.807, 2.05) is 0 Å². The average Bonchev–Trinajstić information content (AvgIpc) is 2.53. The minimum absolute atomic E-state index is 0.556. The van der Waals surface area contributed by atoms with Crippen molar-refractivity contribution in [1.82, 2.24) is 4.90 Å². The third-order valence-corrected chi connectivity index (χ3v) is 3.42. The van der Waals surface area contributed by atoms with Crippen molar-refractivity contribution in [2.24, 2.45) is 5.73 Å². The fourth-order valence-electron chi connectivity index (χ4n) is 2.16. The quantitative estimate of drug-likeness (QED) is 0.887. The van der Waals surface area contributed by atoms with Gasteiger partial charge in [0.25, 0.3) is 5.91 Å². The second-order valence-electron chi connectivity index (χ2n) is 4.40. The van der Waals surface area contributed by atoms with Crippen LogP contribution < -0.4 is 5.73 Å². The normalized spacial score (nSPS) is 27.2. The van der Waals surface area contributed by atoms with E-state index < -0.39 is 23.6 Å². The number of carbonyl (C=O) groups is 2. The number of rotatable bonds is 2. The predicted molar refractivity (Wildman–Crippen MR) is 66.0 cm³/mol. The molecule has 6 heteroatoms. The summed E-state index contributed by atoms with van der Waals surface area (Å²) in [7, 11) is 1.57. The molecule has 0 saturated carbocycles. The van der Waals surface area contributed by atoms with Crippen LogP contribution in [-0.2, 0) is 9.53 Å². The van der Waals surface area contributed by atoms with Gasteiger partial charge in [-0.25, -0.2) is 4.79 Å². The number of likely N-dealkylation sites (N-methyl/N-ethyl adjacent to an activating group) is 1. The molecular formula is C12H13ClN2O3. The maximum atomic E-state index is 11.6. The summed E-state index contributed by atoms with van der Waals surface area (Å²) < 4.78 is 5.10. The topological polar surface area (TPSA) is 72.6 Å². The van der Waals surface area contributed by atoms with Gasteiger partial charge < -0.3 is 10.5 Å². The molecule has 2 atom stereocenters. The highest BCUT2D eigenvalue weighted by Crippen LogP contribution is 2.40. The number of amides is 2. The van der Waals surface area contributed by atoms with Gasteiger partial charge in [0.15, 0.2) is 0 Å². The molecule has 0 aliphatic carbocycles. The first-order valence-electron chi connectivity index (χ1n) is 5.37. The fourth-order valence-corrected chi connectivity index (χ4v) is 2.28. The SMILES string of the molecule is CN1C(=O)OC(C)(C(N)=O)C1c1ccc(Cl)cc1. The maximum absolute atomic E-state index is 11.6. The summed E-state index contributed by atoms with van der Waals surface area (Å²) in [5.74, 6) is -0.680. The number of primary amides is 1. The number of benzene rings is 1. The van der Waals surface area contributed by atoms with Crippen molar-refractivity contribution in [2.75, 3.05) is 7.05 Å². The van der Waals surface area contributed by atoms with E-state index in [0.29, 0.717) is 5.02 Å². The zero-order valence-corrected chi connectivity index (χ0v) is 10.8. The van der Waals surface area contributed by atoms with Gasteiger partial charge in [0, 0.05) is 12.1 Å². The lowest BCUT2D eigenvalue weighted by Gasteiger charge is -2.27. The van der Waals surface area contributed by atoms with E-state index in [9.17, 15) is 9.59 Å². The van der Waals surface area contributed by atoms with Crippen LogP contribution in [0.2, 0.25) is 5.02 Å². The predicted octanol–water partition coefficient (Wildman–Crippen LogP) is 1.71. The molecule has 0 spiro atoms. The van der Waals surface area contributed by atoms with Crippen LogP contribution in [0.15, 0.2) is 24.3 Å². The van der Waals surface area contributed by atoms with Gasteiger partial charge in [-0.3, -0.25) is 9.69 Å². The lowest BCUT2D eigenvalue weighted by atomic mass is 9.89. The number of carbonyl (C=O) groups excluding carboxylic acids is 2. The van der Waals surface area contributed by atoms with Gasteiger partial charge in [0.2, 0.25) is 5.60 Å². The van der Waals surface area contributed by atoms with Gasteiger partial charge in [-0.15, -0.1) is 0 Å². The summed E-state index contributed by atoms with van der Waals surface area (Å²) in [6.45, 7) is 1.51. The summed E-state index contributed by atoms with van der Waals surface area (Å²) in [5.41, 5.74) is 4.71. The number of cyclic esters (lactones) is 1. The third-order valence-electron chi connectivity index (χ3n) is 3.17. The average molecular weight is 269 g/mol. The van der Waals surface area contributed by atoms with Crippen LogP contribution in [0, 0.1) is 0 Å². The first-order valence-corrected chi connectivity index (χ1v) is 5.75. The molecule has 18 heavy (non-hydrogen) atoms. The molecule has 5 nitrogen and oxygen atoms in total. The summed E-state index contributed by atoms with van der Waals surface area (Å²) in [6.07, 6.45) is -0.573. The molecule has 1 saturated heterocycles. The zero-order chi connectivity index (χ0) is 13.5. The van der Waals surface area contributed by atoms with Crippen LogP contribution >= 0.6 is 11.6 Å². The lowest BCUT2D eigenvalue weighted by Crippen LogP contribution is -2.46. The Hall–Kier alpha value is -1.75. The largest absolute Gasteiger partial charge is 0.430 e. The van der Waals surface area contributed by atoms with E-state index in [1.165, 1.54) is 11.8 Å². The summed E-state index contributed by atoms with van der Waals surface area (Å²) in [4.78, 5) is 24.5. The lowest BCUT2D eigenvalue weighted by molar-refractivity contribution is -0.134. The van der Waals surface area contributed by atoms with Crippen LogP contribution in [0.1, 0.15) is 18.5 Å². The Bertz CT molecular complexity index is 501. The highest BCUT2D eigenvalue weighted by molar-refractivity contribution is 6.30. The van der Waals surface area contributed by atoms with Gasteiger partial charge >= 0.3 is 6.09 Å². The van der Waals surface area contributed by atoms with Gasteiger partial charge in [-0.2, -0.15) is 0 Å².